The van der Waals surface area contributed by atoms with Gasteiger partial charge in [-0.15, -0.1) is 11.8 Å². The number of carboxylic acid groups (broad SMARTS) is 1. The Morgan fingerprint density at radius 1 is 0.780 bits per heavy atom. The van der Waals surface area contributed by atoms with Crippen LogP contribution in [0.25, 0.3) is 0 Å². The third-order valence-electron chi connectivity index (χ3n) is 10.0. The molecule has 13 heteroatoms. The van der Waals surface area contributed by atoms with Gasteiger partial charge in [0.1, 0.15) is 11.1 Å². The molecule has 2 heterocycles. The number of carbonyl (C=O) groups is 2. The fraction of sp³-hybridized carbons (Fsp3) is 0.196. The molecule has 5 aromatic carbocycles. The van der Waals surface area contributed by atoms with Gasteiger partial charge in [0.2, 0.25) is 15.9 Å². The van der Waals surface area contributed by atoms with Crippen LogP contribution < -0.4 is 10.0 Å². The fourth-order valence-corrected chi connectivity index (χ4v) is 9.23. The second-order valence-corrected chi connectivity index (χ2v) is 16.9. The van der Waals surface area contributed by atoms with Crippen molar-refractivity contribution in [2.45, 2.75) is 60.3 Å². The minimum absolute atomic E-state index is 0.0480. The molecule has 0 spiro atoms. The van der Waals surface area contributed by atoms with E-state index in [9.17, 15) is 28.2 Å². The quantitative estimate of drug-likeness (QED) is 0.0750. The van der Waals surface area contributed by atoms with E-state index in [1.54, 1.807) is 42.6 Å². The van der Waals surface area contributed by atoms with E-state index in [2.05, 4.69) is 15.0 Å². The van der Waals surface area contributed by atoms with Crippen LogP contribution in [0.4, 0.5) is 5.69 Å². The lowest BCUT2D eigenvalue weighted by atomic mass is 9.84. The van der Waals surface area contributed by atoms with Crippen LogP contribution in [0.15, 0.2) is 162 Å². The average Bonchev–Trinajstić information content (AvgIpc) is 3.26. The van der Waals surface area contributed by atoms with Gasteiger partial charge >= 0.3 is 5.97 Å². The molecule has 1 amide bonds. The van der Waals surface area contributed by atoms with Crippen molar-refractivity contribution in [3.63, 3.8) is 0 Å². The number of carbonyl (C=O) groups excluding carboxylic acids is 1. The average molecular weight is 830 g/mol. The van der Waals surface area contributed by atoms with Gasteiger partial charge in [-0.25, -0.2) is 18.2 Å². The molecule has 0 aliphatic carbocycles. The molecule has 1 aliphatic rings. The molecular weight excluding hydrogens is 787 g/mol. The molecule has 6 aromatic rings. The lowest BCUT2D eigenvalue weighted by molar-refractivity contribution is -0.255. The first-order valence-electron chi connectivity index (χ1n) is 19.0. The lowest BCUT2D eigenvalue weighted by Crippen LogP contribution is -2.45. The number of aliphatic hydroxyl groups excluding tert-OH is 1. The second-order valence-electron chi connectivity index (χ2n) is 14.2. The van der Waals surface area contributed by atoms with E-state index in [1.807, 2.05) is 97.9 Å². The number of aromatic carboxylic acids is 1. The van der Waals surface area contributed by atoms with Gasteiger partial charge < -0.3 is 25.0 Å². The van der Waals surface area contributed by atoms with E-state index in [0.717, 1.165) is 27.8 Å². The summed E-state index contributed by atoms with van der Waals surface area (Å²) in [7, 11) is -4.07. The molecular formula is C46H43N3O8S2. The number of aromatic nitrogens is 1. The first-order valence-corrected chi connectivity index (χ1v) is 21.5. The molecule has 1 fully saturated rings. The van der Waals surface area contributed by atoms with Crippen LogP contribution in [0.2, 0.25) is 0 Å². The van der Waals surface area contributed by atoms with Crippen molar-refractivity contribution < 1.29 is 37.7 Å². The van der Waals surface area contributed by atoms with E-state index in [4.69, 9.17) is 9.47 Å². The van der Waals surface area contributed by atoms with Gasteiger partial charge in [-0.1, -0.05) is 115 Å². The van der Waals surface area contributed by atoms with Crippen LogP contribution >= 0.6 is 11.8 Å². The van der Waals surface area contributed by atoms with Crippen LogP contribution in [-0.2, 0) is 37.3 Å². The number of hydrogen-bond donors (Lipinski definition) is 4. The number of amides is 1. The summed E-state index contributed by atoms with van der Waals surface area (Å²) in [6, 6.07) is 41.9. The smallest absolute Gasteiger partial charge is 0.338 e. The van der Waals surface area contributed by atoms with Crippen molar-refractivity contribution in [3.8, 4) is 0 Å². The molecule has 5 atom stereocenters. The van der Waals surface area contributed by atoms with Crippen LogP contribution in [0.3, 0.4) is 0 Å². The van der Waals surface area contributed by atoms with Gasteiger partial charge in [-0.3, -0.25) is 4.79 Å². The Hall–Kier alpha value is -5.67. The van der Waals surface area contributed by atoms with Crippen molar-refractivity contribution >= 4 is 39.3 Å². The van der Waals surface area contributed by atoms with Crippen LogP contribution in [-0.4, -0.2) is 53.4 Å². The molecule has 1 aliphatic heterocycles. The Balaban J connectivity index is 1.20. The van der Waals surface area contributed by atoms with Crippen molar-refractivity contribution in [2.24, 2.45) is 0 Å². The molecule has 4 N–H and O–H groups in total. The zero-order valence-corrected chi connectivity index (χ0v) is 33.7. The normalized spacial score (nSPS) is 18.5. The van der Waals surface area contributed by atoms with Gasteiger partial charge in [-0.2, -0.15) is 4.72 Å². The highest BCUT2D eigenvalue weighted by molar-refractivity contribution is 7.99. The highest BCUT2D eigenvalue weighted by atomic mass is 32.2. The molecule has 1 aromatic heterocycles. The molecule has 11 nitrogen and oxygen atoms in total. The number of anilines is 1. The Labute approximate surface area is 347 Å². The van der Waals surface area contributed by atoms with E-state index in [0.29, 0.717) is 22.0 Å². The molecule has 0 bridgehead atoms. The SMILES string of the molecule is Cc1ccc(S(=O)(=O)NC(Cc2ccccc2)C(=O)Nc2cccc(C3OC(CSc4ncccc4C(=O)O)C(c4ccccc4)C(c4ccc(CO)cc4)O3)c2)cc1. The summed E-state index contributed by atoms with van der Waals surface area (Å²) in [4.78, 5) is 30.5. The van der Waals surface area contributed by atoms with Crippen LogP contribution in [0.1, 0.15) is 62.1 Å². The Morgan fingerprint density at radius 2 is 1.47 bits per heavy atom. The summed E-state index contributed by atoms with van der Waals surface area (Å²) >= 11 is 1.28. The summed E-state index contributed by atoms with van der Waals surface area (Å²) in [5, 5.41) is 23.0. The highest BCUT2D eigenvalue weighted by Crippen LogP contribution is 2.48. The van der Waals surface area contributed by atoms with Crippen molar-refractivity contribution in [2.75, 3.05) is 11.1 Å². The number of aryl methyl sites for hydroxylation is 1. The van der Waals surface area contributed by atoms with Crippen molar-refractivity contribution in [1.29, 1.82) is 0 Å². The third kappa shape index (κ3) is 10.3. The predicted octanol–water partition coefficient (Wildman–Crippen LogP) is 7.84. The number of nitrogens with zero attached hydrogens (tertiary/aromatic N) is 1. The summed E-state index contributed by atoms with van der Waals surface area (Å²) in [6.45, 7) is 1.75. The number of aliphatic hydroxyl groups is 1. The molecule has 5 unspecified atom stereocenters. The monoisotopic (exact) mass is 829 g/mol. The molecule has 1 saturated heterocycles. The molecule has 59 heavy (non-hydrogen) atoms. The number of thioether (sulfide) groups is 1. The lowest BCUT2D eigenvalue weighted by Gasteiger charge is -2.43. The molecule has 302 valence electrons. The number of sulfonamides is 1. The standard InChI is InChI=1S/C46H43N3O8S2/c1-30-17-23-37(24-18-30)59(54,55)49-39(26-31-10-4-2-5-11-31)43(51)48-36-15-8-14-35(27-36)46-56-40(29-58-44-38(45(52)53)16-9-25-47-44)41(33-12-6-3-7-13-33)42(57-46)34-21-19-32(28-50)20-22-34/h2-25,27,39-42,46,49-50H,26,28-29H2,1H3,(H,48,51)(H,52,53). The minimum atomic E-state index is -4.07. The minimum Gasteiger partial charge on any atom is -0.478 e. The van der Waals surface area contributed by atoms with Crippen molar-refractivity contribution in [3.05, 3.63) is 191 Å². The maximum atomic E-state index is 14.0. The molecule has 0 radical (unpaired) electrons. The van der Waals surface area contributed by atoms with Gasteiger partial charge in [0, 0.05) is 29.1 Å². The second kappa shape index (κ2) is 18.9. The molecule has 0 saturated carbocycles. The zero-order chi connectivity index (χ0) is 41.4. The van der Waals surface area contributed by atoms with Gasteiger partial charge in [0.05, 0.1) is 29.3 Å². The van der Waals surface area contributed by atoms with Gasteiger partial charge in [0.25, 0.3) is 0 Å². The summed E-state index contributed by atoms with van der Waals surface area (Å²) < 4.78 is 43.3. The Kier molecular flexibility index (Phi) is 13.3. The number of carboxylic acids is 1. The zero-order valence-electron chi connectivity index (χ0n) is 32.0. The number of hydrogen-bond acceptors (Lipinski definition) is 9. The number of pyridine rings is 1. The number of nitrogens with one attached hydrogen (secondary N) is 2. The number of ether oxygens (including phenoxy) is 2. The summed E-state index contributed by atoms with van der Waals surface area (Å²) in [5.41, 5.74) is 5.28. The maximum absolute atomic E-state index is 14.0. The highest BCUT2D eigenvalue weighted by Gasteiger charge is 2.42. The first-order chi connectivity index (χ1) is 28.6. The van der Waals surface area contributed by atoms with Crippen molar-refractivity contribution in [1.82, 2.24) is 9.71 Å². The summed E-state index contributed by atoms with van der Waals surface area (Å²) in [6.07, 6.45) is -0.370. The van der Waals surface area contributed by atoms with E-state index >= 15 is 0 Å². The van der Waals surface area contributed by atoms with E-state index in [-0.39, 0.29) is 29.4 Å². The van der Waals surface area contributed by atoms with Crippen LogP contribution in [0, 0.1) is 6.92 Å². The van der Waals surface area contributed by atoms with E-state index in [1.165, 1.54) is 30.0 Å². The maximum Gasteiger partial charge on any atom is 0.338 e. The largest absolute Gasteiger partial charge is 0.478 e. The number of benzene rings is 5. The summed E-state index contributed by atoms with van der Waals surface area (Å²) in [5.74, 6) is -1.67. The predicted molar refractivity (Wildman–Crippen MR) is 225 cm³/mol. The topological polar surface area (TPSA) is 164 Å². The Morgan fingerprint density at radius 3 is 2.17 bits per heavy atom. The van der Waals surface area contributed by atoms with Crippen LogP contribution in [0.5, 0.6) is 0 Å². The van der Waals surface area contributed by atoms with Gasteiger partial charge in [-0.05, 0) is 72.0 Å². The third-order valence-corrected chi connectivity index (χ3v) is 12.6. The van der Waals surface area contributed by atoms with Gasteiger partial charge in [0.15, 0.2) is 6.29 Å². The Bertz CT molecular complexity index is 2470. The molecule has 7 rings (SSSR count). The fourth-order valence-electron chi connectivity index (χ4n) is 6.98. The number of rotatable bonds is 15. The van der Waals surface area contributed by atoms with E-state index < -0.39 is 46.4 Å². The first kappa shape index (κ1) is 41.5.